The molecule has 0 aliphatic rings. The van der Waals surface area contributed by atoms with Crippen molar-refractivity contribution in [1.29, 1.82) is 0 Å². The molecule has 0 saturated heterocycles. The average Bonchev–Trinajstić information content (AvgIpc) is 2.62. The number of amides is 1. The summed E-state index contributed by atoms with van der Waals surface area (Å²) in [4.78, 5) is 12.0. The van der Waals surface area contributed by atoms with Crippen LogP contribution in [0.5, 0.6) is 0 Å². The molecule has 0 atom stereocenters. The zero-order valence-corrected chi connectivity index (χ0v) is 17.0. The molecule has 0 aliphatic heterocycles. The number of benzene rings is 2. The number of aryl methyl sites for hydroxylation is 1. The summed E-state index contributed by atoms with van der Waals surface area (Å²) in [5.41, 5.74) is -0.843. The molecule has 2 N–H and O–H groups in total. The van der Waals surface area contributed by atoms with Gasteiger partial charge in [-0.25, -0.2) is 8.42 Å². The second kappa shape index (κ2) is 9.02. The van der Waals surface area contributed by atoms with Crippen LogP contribution in [0.2, 0.25) is 5.02 Å². The van der Waals surface area contributed by atoms with Gasteiger partial charge in [-0.2, -0.15) is 13.2 Å². The number of halogens is 4. The molecule has 11 heteroatoms. The normalized spacial score (nSPS) is 11.9. The lowest BCUT2D eigenvalue weighted by Gasteiger charge is -2.14. The topological polar surface area (TPSA) is 84.5 Å². The van der Waals surface area contributed by atoms with Gasteiger partial charge in [0.2, 0.25) is 0 Å². The Morgan fingerprint density at radius 1 is 1.17 bits per heavy atom. The van der Waals surface area contributed by atoms with Gasteiger partial charge in [0.15, 0.2) is 0 Å². The van der Waals surface area contributed by atoms with Gasteiger partial charge in [0.25, 0.3) is 15.9 Å². The highest BCUT2D eigenvalue weighted by Gasteiger charge is 2.31. The predicted molar refractivity (Wildman–Crippen MR) is 103 cm³/mol. The maximum Gasteiger partial charge on any atom is 0.416 e. The van der Waals surface area contributed by atoms with Crippen molar-refractivity contribution in [3.8, 4) is 0 Å². The Balaban J connectivity index is 2.35. The smallest absolute Gasteiger partial charge is 0.383 e. The number of methoxy groups -OCH3 is 1. The number of nitrogens with one attached hydrogen (secondary N) is 2. The Kier molecular flexibility index (Phi) is 7.15. The number of sulfonamides is 1. The summed E-state index contributed by atoms with van der Waals surface area (Å²) in [7, 11) is -2.84. The zero-order chi connectivity index (χ0) is 21.8. The van der Waals surface area contributed by atoms with Gasteiger partial charge in [0, 0.05) is 19.2 Å². The van der Waals surface area contributed by atoms with Crippen LogP contribution < -0.4 is 10.0 Å². The highest BCUT2D eigenvalue weighted by molar-refractivity contribution is 7.92. The lowest BCUT2D eigenvalue weighted by Crippen LogP contribution is -2.28. The van der Waals surface area contributed by atoms with E-state index in [-0.39, 0.29) is 28.6 Å². The summed E-state index contributed by atoms with van der Waals surface area (Å²) in [5.74, 6) is -0.506. The van der Waals surface area contributed by atoms with E-state index in [1.807, 2.05) is 4.72 Å². The third kappa shape index (κ3) is 5.84. The molecule has 2 rings (SSSR count). The van der Waals surface area contributed by atoms with Crippen molar-refractivity contribution in [2.45, 2.75) is 18.0 Å². The van der Waals surface area contributed by atoms with Crippen LogP contribution in [0.25, 0.3) is 0 Å². The molecule has 0 bridgehead atoms. The second-order valence-electron chi connectivity index (χ2n) is 6.02. The van der Waals surface area contributed by atoms with Crippen LogP contribution in [0.1, 0.15) is 21.5 Å². The van der Waals surface area contributed by atoms with E-state index in [9.17, 15) is 26.4 Å². The van der Waals surface area contributed by atoms with Crippen LogP contribution in [0, 0.1) is 6.92 Å². The first-order valence-corrected chi connectivity index (χ1v) is 10.1. The predicted octanol–water partition coefficient (Wildman–Crippen LogP) is 3.84. The largest absolute Gasteiger partial charge is 0.416 e. The number of carbonyl (C=O) groups is 1. The van der Waals surface area contributed by atoms with Crippen LogP contribution in [0.3, 0.4) is 0 Å². The Labute approximate surface area is 171 Å². The highest BCUT2D eigenvalue weighted by atomic mass is 35.5. The fourth-order valence-electron chi connectivity index (χ4n) is 2.36. The van der Waals surface area contributed by atoms with E-state index in [2.05, 4.69) is 5.32 Å². The Hall–Kier alpha value is -2.30. The first-order valence-electron chi connectivity index (χ1n) is 8.23. The van der Waals surface area contributed by atoms with Crippen molar-refractivity contribution in [2.75, 3.05) is 25.0 Å². The van der Waals surface area contributed by atoms with Crippen molar-refractivity contribution in [1.82, 2.24) is 5.32 Å². The third-order valence-corrected chi connectivity index (χ3v) is 5.59. The molecule has 0 heterocycles. The molecule has 2 aromatic carbocycles. The molecule has 0 aromatic heterocycles. The highest BCUT2D eigenvalue weighted by Crippen LogP contribution is 2.34. The lowest BCUT2D eigenvalue weighted by atomic mass is 10.1. The van der Waals surface area contributed by atoms with E-state index in [0.717, 1.165) is 18.2 Å². The van der Waals surface area contributed by atoms with E-state index in [1.165, 1.54) is 19.2 Å². The minimum Gasteiger partial charge on any atom is -0.383 e. The quantitative estimate of drug-likeness (QED) is 0.628. The number of hydrogen-bond acceptors (Lipinski definition) is 4. The van der Waals surface area contributed by atoms with Gasteiger partial charge in [0.1, 0.15) is 0 Å². The summed E-state index contributed by atoms with van der Waals surface area (Å²) in [5, 5.41) is 2.37. The summed E-state index contributed by atoms with van der Waals surface area (Å²) in [6.45, 7) is 2.13. The maximum absolute atomic E-state index is 12.9. The third-order valence-electron chi connectivity index (χ3n) is 3.89. The summed E-state index contributed by atoms with van der Waals surface area (Å²) in [6.07, 6.45) is -4.66. The Bertz CT molecular complexity index is 1010. The van der Waals surface area contributed by atoms with E-state index in [1.54, 1.807) is 6.92 Å². The molecule has 29 heavy (non-hydrogen) atoms. The van der Waals surface area contributed by atoms with Crippen molar-refractivity contribution in [3.63, 3.8) is 0 Å². The van der Waals surface area contributed by atoms with E-state index < -0.39 is 33.4 Å². The minimum absolute atomic E-state index is 0.110. The summed E-state index contributed by atoms with van der Waals surface area (Å²) in [6, 6.07) is 6.10. The maximum atomic E-state index is 12.9. The standard InChI is InChI=1S/C18H18ClF3N2O4S/c1-11-3-5-13(10-14(11)17(25)23-7-8-28-2)29(26,27)24-16-9-12(18(20,21)22)4-6-15(16)19/h3-6,9-10,24H,7-8H2,1-2H3,(H,23,25). The number of alkyl halides is 3. The fourth-order valence-corrected chi connectivity index (χ4v) is 3.68. The van der Waals surface area contributed by atoms with E-state index >= 15 is 0 Å². The number of rotatable bonds is 7. The van der Waals surface area contributed by atoms with Crippen LogP contribution >= 0.6 is 11.6 Å². The minimum atomic E-state index is -4.66. The molecule has 0 radical (unpaired) electrons. The number of ether oxygens (including phenoxy) is 1. The van der Waals surface area contributed by atoms with Gasteiger partial charge < -0.3 is 10.1 Å². The molecular formula is C18H18ClF3N2O4S. The van der Waals surface area contributed by atoms with Crippen molar-refractivity contribution >= 4 is 33.2 Å². The van der Waals surface area contributed by atoms with Gasteiger partial charge in [-0.3, -0.25) is 9.52 Å². The fraction of sp³-hybridized carbons (Fsp3) is 0.278. The first kappa shape index (κ1) is 23.0. The summed E-state index contributed by atoms with van der Waals surface area (Å²) >= 11 is 5.85. The number of anilines is 1. The van der Waals surface area contributed by atoms with Crippen molar-refractivity contribution in [3.05, 3.63) is 58.1 Å². The van der Waals surface area contributed by atoms with Crippen LogP contribution in [0.15, 0.2) is 41.3 Å². The molecule has 0 unspecified atom stereocenters. The van der Waals surface area contributed by atoms with Crippen LogP contribution in [0.4, 0.5) is 18.9 Å². The molecule has 0 saturated carbocycles. The van der Waals surface area contributed by atoms with Crippen LogP contribution in [-0.4, -0.2) is 34.6 Å². The SMILES string of the molecule is COCCNC(=O)c1cc(S(=O)(=O)Nc2cc(C(F)(F)F)ccc2Cl)ccc1C. The molecule has 0 aliphatic carbocycles. The van der Waals surface area contributed by atoms with E-state index in [0.29, 0.717) is 11.6 Å². The first-order chi connectivity index (χ1) is 13.5. The zero-order valence-electron chi connectivity index (χ0n) is 15.4. The molecule has 6 nitrogen and oxygen atoms in total. The molecule has 0 spiro atoms. The van der Waals surface area contributed by atoms with Gasteiger partial charge in [-0.15, -0.1) is 0 Å². The van der Waals surface area contributed by atoms with Crippen LogP contribution in [-0.2, 0) is 20.9 Å². The second-order valence-corrected chi connectivity index (χ2v) is 8.11. The molecule has 158 valence electrons. The number of carbonyl (C=O) groups excluding carboxylic acids is 1. The van der Waals surface area contributed by atoms with Gasteiger partial charge >= 0.3 is 6.18 Å². The monoisotopic (exact) mass is 450 g/mol. The van der Waals surface area contributed by atoms with Gasteiger partial charge in [0.05, 0.1) is 27.8 Å². The average molecular weight is 451 g/mol. The number of hydrogen-bond donors (Lipinski definition) is 2. The molecule has 0 fully saturated rings. The Morgan fingerprint density at radius 3 is 2.48 bits per heavy atom. The van der Waals surface area contributed by atoms with Gasteiger partial charge in [-0.1, -0.05) is 17.7 Å². The Morgan fingerprint density at radius 2 is 1.86 bits per heavy atom. The van der Waals surface area contributed by atoms with Gasteiger partial charge in [-0.05, 0) is 42.8 Å². The van der Waals surface area contributed by atoms with E-state index in [4.69, 9.17) is 16.3 Å². The molecular weight excluding hydrogens is 433 g/mol. The van der Waals surface area contributed by atoms with Crippen molar-refractivity contribution in [2.24, 2.45) is 0 Å². The van der Waals surface area contributed by atoms with Crippen molar-refractivity contribution < 1.29 is 31.1 Å². The molecule has 2 aromatic rings. The summed E-state index contributed by atoms with van der Waals surface area (Å²) < 4.78 is 70.9. The molecule has 1 amide bonds. The lowest BCUT2D eigenvalue weighted by molar-refractivity contribution is -0.137.